The van der Waals surface area contributed by atoms with Crippen LogP contribution in [0.3, 0.4) is 0 Å². The average Bonchev–Trinajstić information content (AvgIpc) is 3.12. The molecule has 23 heavy (non-hydrogen) atoms. The molecular weight excluding hydrogens is 358 g/mol. The summed E-state index contributed by atoms with van der Waals surface area (Å²) >= 11 is 8.92. The molecule has 120 valence electrons. The Morgan fingerprint density at radius 2 is 2.13 bits per heavy atom. The lowest BCUT2D eigenvalue weighted by molar-refractivity contribution is 0.103. The predicted molar refractivity (Wildman–Crippen MR) is 92.0 cm³/mol. The molecule has 9 heteroatoms. The first-order chi connectivity index (χ1) is 11.1. The molecule has 0 saturated heterocycles. The maximum atomic E-state index is 12.4. The molecule has 0 aliphatic rings. The van der Waals surface area contributed by atoms with Crippen LogP contribution >= 0.6 is 34.3 Å². The number of hydrogen-bond donors (Lipinski definition) is 1. The Bertz CT molecular complexity index is 862. The first kappa shape index (κ1) is 16.1. The molecule has 1 aromatic carbocycles. The summed E-state index contributed by atoms with van der Waals surface area (Å²) in [4.78, 5) is 12.8. The second-order valence-electron chi connectivity index (χ2n) is 4.50. The second kappa shape index (κ2) is 6.79. The summed E-state index contributed by atoms with van der Waals surface area (Å²) < 4.78 is 11.1. The van der Waals surface area contributed by atoms with Gasteiger partial charge in [0, 0.05) is 17.2 Å². The van der Waals surface area contributed by atoms with Crippen LogP contribution in [-0.4, -0.2) is 30.3 Å². The number of benzene rings is 1. The minimum Gasteiger partial charge on any atom is -0.497 e. The molecule has 0 saturated carbocycles. The van der Waals surface area contributed by atoms with E-state index in [-0.39, 0.29) is 5.91 Å². The van der Waals surface area contributed by atoms with Gasteiger partial charge in [-0.1, -0.05) is 22.9 Å². The summed E-state index contributed by atoms with van der Waals surface area (Å²) in [7, 11) is 3.16. The predicted octanol–water partition coefficient (Wildman–Crippen LogP) is 3.81. The summed E-state index contributed by atoms with van der Waals surface area (Å²) in [5.74, 6) is 0.382. The zero-order valence-corrected chi connectivity index (χ0v) is 14.6. The smallest absolute Gasteiger partial charge is 0.269 e. The van der Waals surface area contributed by atoms with Crippen LogP contribution in [0.2, 0.25) is 5.02 Å². The Kier molecular flexibility index (Phi) is 4.76. The van der Waals surface area contributed by atoms with E-state index in [0.29, 0.717) is 32.4 Å². The fourth-order valence-corrected chi connectivity index (χ4v) is 4.05. The van der Waals surface area contributed by atoms with Crippen molar-refractivity contribution < 1.29 is 14.3 Å². The monoisotopic (exact) mass is 369 g/mol. The van der Waals surface area contributed by atoms with Gasteiger partial charge in [0.25, 0.3) is 5.91 Å². The zero-order chi connectivity index (χ0) is 16.4. The van der Waals surface area contributed by atoms with E-state index in [1.807, 2.05) is 18.2 Å². The topological polar surface area (TPSA) is 73.3 Å². The maximum Gasteiger partial charge on any atom is 0.269 e. The van der Waals surface area contributed by atoms with E-state index in [4.69, 9.17) is 21.1 Å². The molecule has 1 amide bonds. The van der Waals surface area contributed by atoms with Crippen LogP contribution in [0.15, 0.2) is 18.2 Å². The van der Waals surface area contributed by atoms with Crippen molar-refractivity contribution in [1.82, 2.24) is 10.2 Å². The lowest BCUT2D eigenvalue weighted by atomic mass is 10.2. The molecule has 0 spiro atoms. The zero-order valence-electron chi connectivity index (χ0n) is 12.3. The highest BCUT2D eigenvalue weighted by Crippen LogP contribution is 2.37. The Hall–Kier alpha value is -1.74. The van der Waals surface area contributed by atoms with Gasteiger partial charge in [0.1, 0.15) is 22.2 Å². The number of thiophene rings is 1. The van der Waals surface area contributed by atoms with Gasteiger partial charge in [-0.25, -0.2) is 0 Å². The van der Waals surface area contributed by atoms with Gasteiger partial charge >= 0.3 is 0 Å². The number of fused-ring (bicyclic) bond motifs is 1. The van der Waals surface area contributed by atoms with Crippen molar-refractivity contribution >= 4 is 55.4 Å². The highest BCUT2D eigenvalue weighted by Gasteiger charge is 2.19. The largest absolute Gasteiger partial charge is 0.497 e. The van der Waals surface area contributed by atoms with Gasteiger partial charge in [0.15, 0.2) is 0 Å². The maximum absolute atomic E-state index is 12.4. The van der Waals surface area contributed by atoms with Crippen molar-refractivity contribution in [3.05, 3.63) is 33.1 Å². The fraction of sp³-hybridized carbons (Fsp3) is 0.214. The van der Waals surface area contributed by atoms with Crippen LogP contribution < -0.4 is 10.1 Å². The van der Waals surface area contributed by atoms with Crippen LogP contribution in [0.5, 0.6) is 5.75 Å². The third-order valence-electron chi connectivity index (χ3n) is 3.00. The second-order valence-corrected chi connectivity index (χ2v) is 6.99. The first-order valence-corrected chi connectivity index (χ1v) is 8.52. The van der Waals surface area contributed by atoms with Gasteiger partial charge in [-0.3, -0.25) is 10.1 Å². The molecule has 3 aromatic rings. The number of nitrogens with one attached hydrogen (secondary N) is 1. The molecular formula is C14H12ClN3O3S2. The minimum absolute atomic E-state index is 0.310. The molecule has 0 aliphatic carbocycles. The molecule has 0 unspecified atom stereocenters. The van der Waals surface area contributed by atoms with E-state index < -0.39 is 0 Å². The Labute approximate surface area is 145 Å². The number of halogens is 1. The van der Waals surface area contributed by atoms with Gasteiger partial charge in [0.05, 0.1) is 12.1 Å². The SMILES string of the molecule is COCc1nnc(NC(=O)c2sc3ccc(OC)cc3c2Cl)s1. The summed E-state index contributed by atoms with van der Waals surface area (Å²) in [5.41, 5.74) is 0. The average molecular weight is 370 g/mol. The van der Waals surface area contributed by atoms with Crippen LogP contribution in [-0.2, 0) is 11.3 Å². The van der Waals surface area contributed by atoms with Crippen molar-refractivity contribution in [1.29, 1.82) is 0 Å². The molecule has 0 aliphatic heterocycles. The van der Waals surface area contributed by atoms with E-state index >= 15 is 0 Å². The van der Waals surface area contributed by atoms with Crippen molar-refractivity contribution in [2.24, 2.45) is 0 Å². The number of methoxy groups -OCH3 is 2. The van der Waals surface area contributed by atoms with E-state index in [2.05, 4.69) is 15.5 Å². The highest BCUT2D eigenvalue weighted by molar-refractivity contribution is 7.22. The molecule has 3 rings (SSSR count). The van der Waals surface area contributed by atoms with Crippen LogP contribution in [0.4, 0.5) is 5.13 Å². The van der Waals surface area contributed by atoms with E-state index in [0.717, 1.165) is 10.1 Å². The molecule has 0 fully saturated rings. The van der Waals surface area contributed by atoms with Gasteiger partial charge < -0.3 is 9.47 Å². The molecule has 2 heterocycles. The molecule has 1 N–H and O–H groups in total. The van der Waals surface area contributed by atoms with Crippen molar-refractivity contribution in [3.63, 3.8) is 0 Å². The van der Waals surface area contributed by atoms with Gasteiger partial charge in [0.2, 0.25) is 5.13 Å². The standard InChI is InChI=1S/C14H12ClN3O3S2/c1-20-6-10-17-18-14(23-10)16-13(19)12-11(15)8-5-7(21-2)3-4-9(8)22-12/h3-5H,6H2,1-2H3,(H,16,18,19). The molecule has 0 atom stereocenters. The Morgan fingerprint density at radius 3 is 2.87 bits per heavy atom. The Morgan fingerprint density at radius 1 is 1.30 bits per heavy atom. The number of anilines is 1. The first-order valence-electron chi connectivity index (χ1n) is 6.51. The third-order valence-corrected chi connectivity index (χ3v) is 5.48. The highest BCUT2D eigenvalue weighted by atomic mass is 35.5. The lowest BCUT2D eigenvalue weighted by Gasteiger charge is -1.99. The molecule has 2 aromatic heterocycles. The van der Waals surface area contributed by atoms with Crippen molar-refractivity contribution in [2.75, 3.05) is 19.5 Å². The van der Waals surface area contributed by atoms with Crippen molar-refractivity contribution in [2.45, 2.75) is 6.61 Å². The number of ether oxygens (including phenoxy) is 2. The van der Waals surface area contributed by atoms with Gasteiger partial charge in [-0.05, 0) is 18.2 Å². The van der Waals surface area contributed by atoms with Crippen molar-refractivity contribution in [3.8, 4) is 5.75 Å². The quantitative estimate of drug-likeness (QED) is 0.740. The van der Waals surface area contributed by atoms with Crippen LogP contribution in [0.1, 0.15) is 14.7 Å². The van der Waals surface area contributed by atoms with E-state index in [1.165, 1.54) is 22.7 Å². The van der Waals surface area contributed by atoms with Crippen LogP contribution in [0.25, 0.3) is 10.1 Å². The summed E-state index contributed by atoms with van der Waals surface area (Å²) in [6, 6.07) is 5.52. The van der Waals surface area contributed by atoms with E-state index in [1.54, 1.807) is 14.2 Å². The normalized spacial score (nSPS) is 10.9. The number of nitrogens with zero attached hydrogens (tertiary/aromatic N) is 2. The third kappa shape index (κ3) is 3.30. The lowest BCUT2D eigenvalue weighted by Crippen LogP contribution is -2.10. The summed E-state index contributed by atoms with van der Waals surface area (Å²) in [6.45, 7) is 0.358. The number of rotatable bonds is 5. The summed E-state index contributed by atoms with van der Waals surface area (Å²) in [6.07, 6.45) is 0. The fourth-order valence-electron chi connectivity index (χ4n) is 1.96. The van der Waals surface area contributed by atoms with Gasteiger partial charge in [-0.2, -0.15) is 0 Å². The number of carbonyl (C=O) groups is 1. The van der Waals surface area contributed by atoms with Crippen LogP contribution in [0, 0.1) is 0 Å². The number of hydrogen-bond acceptors (Lipinski definition) is 7. The van der Waals surface area contributed by atoms with E-state index in [9.17, 15) is 4.79 Å². The number of aromatic nitrogens is 2. The number of carbonyl (C=O) groups excluding carboxylic acids is 1. The Balaban J connectivity index is 1.86. The number of amides is 1. The van der Waals surface area contributed by atoms with Gasteiger partial charge in [-0.15, -0.1) is 21.5 Å². The molecule has 0 bridgehead atoms. The molecule has 6 nitrogen and oxygen atoms in total. The molecule has 0 radical (unpaired) electrons. The summed E-state index contributed by atoms with van der Waals surface area (Å²) in [5, 5.41) is 12.8. The minimum atomic E-state index is -0.310.